The van der Waals surface area contributed by atoms with Gasteiger partial charge in [0.2, 0.25) is 0 Å². The first kappa shape index (κ1) is 27.5. The van der Waals surface area contributed by atoms with Gasteiger partial charge >= 0.3 is 0 Å². The van der Waals surface area contributed by atoms with Crippen molar-refractivity contribution in [1.82, 2.24) is 0 Å². The highest BCUT2D eigenvalue weighted by molar-refractivity contribution is 5.83. The highest BCUT2D eigenvalue weighted by Gasteiger charge is 2.58. The van der Waals surface area contributed by atoms with Gasteiger partial charge in [0.15, 0.2) is 5.60 Å². The van der Waals surface area contributed by atoms with Crippen LogP contribution in [0.5, 0.6) is 23.0 Å². The molecule has 3 heterocycles. The predicted molar refractivity (Wildman–Crippen MR) is 168 cm³/mol. The normalized spacial score (nSPS) is 20.6. The zero-order valence-electron chi connectivity index (χ0n) is 25.2. The van der Waals surface area contributed by atoms with Crippen LogP contribution in [0.2, 0.25) is 0 Å². The van der Waals surface area contributed by atoms with Gasteiger partial charge in [-0.3, -0.25) is 0 Å². The summed E-state index contributed by atoms with van der Waals surface area (Å²) in [6.45, 7) is 8.26. The van der Waals surface area contributed by atoms with E-state index in [0.29, 0.717) is 11.5 Å². The number of benzene rings is 4. The molecule has 0 unspecified atom stereocenters. The quantitative estimate of drug-likeness (QED) is 0.244. The van der Waals surface area contributed by atoms with Gasteiger partial charge in [-0.25, -0.2) is 0 Å². The Morgan fingerprint density at radius 2 is 1.21 bits per heavy atom. The van der Waals surface area contributed by atoms with E-state index in [2.05, 4.69) is 62.4 Å². The minimum absolute atomic E-state index is 0.128. The molecule has 0 amide bonds. The number of ether oxygens (including phenoxy) is 3. The molecular formula is C38H38O5. The smallest absolute Gasteiger partial charge is 0.160 e. The van der Waals surface area contributed by atoms with Gasteiger partial charge in [-0.05, 0) is 87.8 Å². The number of hydrogen-bond acceptors (Lipinski definition) is 5. The van der Waals surface area contributed by atoms with Crippen LogP contribution >= 0.6 is 0 Å². The van der Waals surface area contributed by atoms with Crippen molar-refractivity contribution in [2.24, 2.45) is 5.92 Å². The second-order valence-electron chi connectivity index (χ2n) is 13.0. The maximum Gasteiger partial charge on any atom is 0.160 e. The number of rotatable bonds is 6. The standard InChI is InChI=1S/C38H38O5/c1-37(2)34-33-31-25(17-15-23-11-7-5-8-12-23)19-27(39)21-29(31)43-38(3,4)36(33)41-35(34)32-26(20-28(40)22-30(32)42-37)18-16-24-13-9-6-10-14-24/h5-14,19-22,34-35,39-40H,15-18H2,1-4H3/t34-,35-/m0/s1. The molecule has 5 nitrogen and oxygen atoms in total. The summed E-state index contributed by atoms with van der Waals surface area (Å²) < 4.78 is 20.4. The number of hydrogen-bond donors (Lipinski definition) is 2. The number of phenols is 2. The monoisotopic (exact) mass is 574 g/mol. The third kappa shape index (κ3) is 4.81. The Kier molecular flexibility index (Phi) is 6.46. The van der Waals surface area contributed by atoms with E-state index in [1.165, 1.54) is 11.1 Å². The minimum atomic E-state index is -0.748. The molecule has 3 aliphatic rings. The van der Waals surface area contributed by atoms with Crippen LogP contribution in [0, 0.1) is 5.92 Å². The SMILES string of the molecule is CC1(C)Oc2cc(O)cc(CCc3ccccc3)c2C2=C1O[C@H]1c3c(CCc4ccccc4)cc(O)cc3OC(C)(C)[C@@H]21. The summed E-state index contributed by atoms with van der Waals surface area (Å²) >= 11 is 0. The lowest BCUT2D eigenvalue weighted by Crippen LogP contribution is -2.44. The van der Waals surface area contributed by atoms with Gasteiger partial charge in [-0.1, -0.05) is 60.7 Å². The second-order valence-corrected chi connectivity index (χ2v) is 13.0. The Bertz CT molecular complexity index is 1720. The number of aryl methyl sites for hydroxylation is 4. The number of phenolic OH excluding ortho intramolecular Hbond substituents is 2. The van der Waals surface area contributed by atoms with Crippen LogP contribution in [0.3, 0.4) is 0 Å². The topological polar surface area (TPSA) is 68.2 Å². The van der Waals surface area contributed by atoms with Crippen molar-refractivity contribution in [3.05, 3.63) is 124 Å². The third-order valence-corrected chi connectivity index (χ3v) is 9.12. The Labute approximate surface area is 253 Å². The Balaban J connectivity index is 1.34. The summed E-state index contributed by atoms with van der Waals surface area (Å²) in [7, 11) is 0. The zero-order chi connectivity index (χ0) is 29.9. The molecule has 0 radical (unpaired) electrons. The first-order chi connectivity index (χ1) is 20.6. The fourth-order valence-corrected chi connectivity index (χ4v) is 7.26. The van der Waals surface area contributed by atoms with E-state index in [1.54, 1.807) is 12.1 Å². The van der Waals surface area contributed by atoms with Crippen molar-refractivity contribution >= 4 is 5.57 Å². The van der Waals surface area contributed by atoms with Gasteiger partial charge in [0.1, 0.15) is 40.5 Å². The van der Waals surface area contributed by atoms with Crippen molar-refractivity contribution in [3.63, 3.8) is 0 Å². The van der Waals surface area contributed by atoms with Crippen molar-refractivity contribution in [2.45, 2.75) is 70.7 Å². The molecule has 0 saturated carbocycles. The molecule has 4 aromatic carbocycles. The summed E-state index contributed by atoms with van der Waals surface area (Å²) in [6.07, 6.45) is 2.86. The Morgan fingerprint density at radius 3 is 1.84 bits per heavy atom. The number of fused-ring (bicyclic) bond motifs is 6. The summed E-state index contributed by atoms with van der Waals surface area (Å²) in [6, 6.07) is 28.0. The molecule has 43 heavy (non-hydrogen) atoms. The first-order valence-corrected chi connectivity index (χ1v) is 15.2. The molecule has 5 heteroatoms. The molecule has 2 atom stereocenters. The highest BCUT2D eigenvalue weighted by atomic mass is 16.6. The first-order valence-electron chi connectivity index (χ1n) is 15.2. The lowest BCUT2D eigenvalue weighted by Gasteiger charge is -2.43. The van der Waals surface area contributed by atoms with Gasteiger partial charge < -0.3 is 24.4 Å². The fraction of sp³-hybridized carbons (Fsp3) is 0.316. The average Bonchev–Trinajstić information content (AvgIpc) is 3.38. The van der Waals surface area contributed by atoms with Crippen LogP contribution < -0.4 is 9.47 Å². The fourth-order valence-electron chi connectivity index (χ4n) is 7.26. The van der Waals surface area contributed by atoms with Crippen molar-refractivity contribution in [1.29, 1.82) is 0 Å². The molecule has 0 aromatic heterocycles. The van der Waals surface area contributed by atoms with Crippen LogP contribution in [0.4, 0.5) is 0 Å². The van der Waals surface area contributed by atoms with E-state index < -0.39 is 11.2 Å². The Hall–Kier alpha value is -4.38. The molecule has 3 aliphatic heterocycles. The van der Waals surface area contributed by atoms with E-state index in [1.807, 2.05) is 38.1 Å². The average molecular weight is 575 g/mol. The van der Waals surface area contributed by atoms with Crippen LogP contribution in [0.1, 0.15) is 67.2 Å². The maximum atomic E-state index is 10.8. The van der Waals surface area contributed by atoms with Crippen molar-refractivity contribution in [2.75, 3.05) is 0 Å². The summed E-state index contributed by atoms with van der Waals surface area (Å²) in [4.78, 5) is 0. The molecule has 0 spiro atoms. The zero-order valence-corrected chi connectivity index (χ0v) is 25.2. The van der Waals surface area contributed by atoms with Gasteiger partial charge in [-0.2, -0.15) is 0 Å². The van der Waals surface area contributed by atoms with E-state index >= 15 is 0 Å². The van der Waals surface area contributed by atoms with Gasteiger partial charge in [0.05, 0.1) is 5.92 Å². The van der Waals surface area contributed by atoms with Crippen LogP contribution in [-0.2, 0) is 30.4 Å². The van der Waals surface area contributed by atoms with Crippen molar-refractivity contribution in [3.8, 4) is 23.0 Å². The lowest BCUT2D eigenvalue weighted by molar-refractivity contribution is -0.0377. The van der Waals surface area contributed by atoms with Crippen LogP contribution in [0.15, 0.2) is 90.7 Å². The molecule has 4 aromatic rings. The Morgan fingerprint density at radius 1 is 0.651 bits per heavy atom. The van der Waals surface area contributed by atoms with E-state index in [4.69, 9.17) is 14.2 Å². The molecule has 0 bridgehead atoms. The predicted octanol–water partition coefficient (Wildman–Crippen LogP) is 8.11. The minimum Gasteiger partial charge on any atom is -0.508 e. The molecule has 220 valence electrons. The highest BCUT2D eigenvalue weighted by Crippen LogP contribution is 2.62. The van der Waals surface area contributed by atoms with E-state index in [0.717, 1.165) is 59.3 Å². The van der Waals surface area contributed by atoms with E-state index in [-0.39, 0.29) is 23.5 Å². The summed E-state index contributed by atoms with van der Waals surface area (Å²) in [5.41, 5.74) is 6.24. The van der Waals surface area contributed by atoms with Crippen LogP contribution in [-0.4, -0.2) is 21.4 Å². The number of aromatic hydroxyl groups is 2. The summed E-state index contributed by atoms with van der Waals surface area (Å²) in [5, 5.41) is 21.5. The van der Waals surface area contributed by atoms with Gasteiger partial charge in [0, 0.05) is 28.8 Å². The summed E-state index contributed by atoms with van der Waals surface area (Å²) in [5.74, 6) is 2.42. The maximum absolute atomic E-state index is 10.8. The molecule has 7 rings (SSSR count). The third-order valence-electron chi connectivity index (χ3n) is 9.12. The molecular weight excluding hydrogens is 536 g/mol. The van der Waals surface area contributed by atoms with E-state index in [9.17, 15) is 10.2 Å². The van der Waals surface area contributed by atoms with Gasteiger partial charge in [0.25, 0.3) is 0 Å². The molecule has 0 aliphatic carbocycles. The lowest BCUT2D eigenvalue weighted by atomic mass is 9.71. The van der Waals surface area contributed by atoms with Crippen LogP contribution in [0.25, 0.3) is 5.57 Å². The molecule has 0 saturated heterocycles. The van der Waals surface area contributed by atoms with Crippen molar-refractivity contribution < 1.29 is 24.4 Å². The molecule has 2 N–H and O–H groups in total. The second kappa shape index (κ2) is 10.1. The largest absolute Gasteiger partial charge is 0.508 e. The van der Waals surface area contributed by atoms with Gasteiger partial charge in [-0.15, -0.1) is 0 Å². The molecule has 0 fully saturated rings.